The van der Waals surface area contributed by atoms with E-state index in [1.165, 1.54) is 24.1 Å². The second kappa shape index (κ2) is 8.02. The molecule has 5 nitrogen and oxygen atoms in total. The Bertz CT molecular complexity index is 878. The second-order valence-corrected chi connectivity index (χ2v) is 9.32. The smallest absolute Gasteiger partial charge is 0.257 e. The molecule has 2 heterocycles. The van der Waals surface area contributed by atoms with Gasteiger partial charge in [-0.15, -0.1) is 23.1 Å². The van der Waals surface area contributed by atoms with Crippen LogP contribution in [0.5, 0.6) is 0 Å². The molecular weight excluding hydrogens is 378 g/mol. The number of aromatic nitrogens is 1. The summed E-state index contributed by atoms with van der Waals surface area (Å²) in [7, 11) is 0. The minimum absolute atomic E-state index is 0.00644. The Hall–Kier alpha value is -1.86. The molecule has 1 aromatic carbocycles. The number of aryl methyl sites for hydroxylation is 1. The third-order valence-corrected chi connectivity index (χ3v) is 7.17. The Morgan fingerprint density at radius 1 is 1.37 bits per heavy atom. The summed E-state index contributed by atoms with van der Waals surface area (Å²) >= 11 is 3.24. The molecule has 2 aliphatic rings. The first-order valence-electron chi connectivity index (χ1n) is 9.49. The Morgan fingerprint density at radius 3 is 3.11 bits per heavy atom. The largest absolute Gasteiger partial charge is 0.325 e. The van der Waals surface area contributed by atoms with E-state index in [0.717, 1.165) is 40.8 Å². The molecule has 4 rings (SSSR count). The minimum atomic E-state index is -0.183. The van der Waals surface area contributed by atoms with Gasteiger partial charge in [-0.25, -0.2) is 4.98 Å². The molecule has 1 aromatic heterocycles. The van der Waals surface area contributed by atoms with Crippen molar-refractivity contribution in [2.75, 3.05) is 16.4 Å². The van der Waals surface area contributed by atoms with Gasteiger partial charge in [-0.1, -0.05) is 19.8 Å². The molecular formula is C20H23N3O2S2. The van der Waals surface area contributed by atoms with Gasteiger partial charge in [0.05, 0.1) is 11.4 Å². The van der Waals surface area contributed by atoms with Gasteiger partial charge >= 0.3 is 0 Å². The van der Waals surface area contributed by atoms with Gasteiger partial charge in [0.2, 0.25) is 5.91 Å². The minimum Gasteiger partial charge on any atom is -0.325 e. The molecule has 2 N–H and O–H groups in total. The van der Waals surface area contributed by atoms with E-state index in [0.29, 0.717) is 17.1 Å². The zero-order chi connectivity index (χ0) is 18.8. The van der Waals surface area contributed by atoms with Crippen molar-refractivity contribution in [2.24, 2.45) is 5.92 Å². The number of benzene rings is 1. The maximum Gasteiger partial charge on any atom is 0.257 e. The maximum absolute atomic E-state index is 12.7. The third-order valence-electron chi connectivity index (χ3n) is 5.06. The predicted octanol–water partition coefficient (Wildman–Crippen LogP) is 4.73. The molecule has 0 bridgehead atoms. The average molecular weight is 402 g/mol. The number of thioether (sulfide) groups is 1. The van der Waals surface area contributed by atoms with Crippen molar-refractivity contribution < 1.29 is 9.59 Å². The SMILES string of the molecule is CCCC1CCc2nc(NC(=O)c3ccc4c(c3)NC(=O)CCS4)sc2C1. The molecule has 0 saturated heterocycles. The summed E-state index contributed by atoms with van der Waals surface area (Å²) in [6.45, 7) is 2.23. The van der Waals surface area contributed by atoms with Gasteiger partial charge < -0.3 is 5.32 Å². The van der Waals surface area contributed by atoms with Gasteiger partial charge in [0.25, 0.3) is 5.91 Å². The molecule has 0 spiro atoms. The summed E-state index contributed by atoms with van der Waals surface area (Å²) in [6.07, 6.45) is 6.26. The van der Waals surface area contributed by atoms with Crippen LogP contribution in [0.3, 0.4) is 0 Å². The highest BCUT2D eigenvalue weighted by atomic mass is 32.2. The van der Waals surface area contributed by atoms with Crippen LogP contribution in [0, 0.1) is 5.92 Å². The van der Waals surface area contributed by atoms with E-state index in [-0.39, 0.29) is 11.8 Å². The lowest BCUT2D eigenvalue weighted by Gasteiger charge is -2.19. The zero-order valence-corrected chi connectivity index (χ0v) is 17.0. The van der Waals surface area contributed by atoms with Crippen LogP contribution in [0.15, 0.2) is 23.1 Å². The van der Waals surface area contributed by atoms with E-state index in [4.69, 9.17) is 0 Å². The fourth-order valence-electron chi connectivity index (χ4n) is 3.68. The number of nitrogens with zero attached hydrogens (tertiary/aromatic N) is 1. The van der Waals surface area contributed by atoms with Gasteiger partial charge in [0.15, 0.2) is 5.13 Å². The fourth-order valence-corrected chi connectivity index (χ4v) is 5.74. The van der Waals surface area contributed by atoms with Crippen LogP contribution in [0.4, 0.5) is 10.8 Å². The van der Waals surface area contributed by atoms with E-state index in [2.05, 4.69) is 22.5 Å². The lowest BCUT2D eigenvalue weighted by molar-refractivity contribution is -0.115. The summed E-state index contributed by atoms with van der Waals surface area (Å²) in [4.78, 5) is 31.4. The van der Waals surface area contributed by atoms with Crippen LogP contribution in [-0.4, -0.2) is 22.6 Å². The monoisotopic (exact) mass is 401 g/mol. The fraction of sp³-hybridized carbons (Fsp3) is 0.450. The molecule has 0 fully saturated rings. The Morgan fingerprint density at radius 2 is 2.26 bits per heavy atom. The lowest BCUT2D eigenvalue weighted by Crippen LogP contribution is -2.14. The third kappa shape index (κ3) is 4.19. The molecule has 27 heavy (non-hydrogen) atoms. The van der Waals surface area contributed by atoms with Gasteiger partial charge in [-0.2, -0.15) is 0 Å². The molecule has 2 aromatic rings. The number of fused-ring (bicyclic) bond motifs is 2. The summed E-state index contributed by atoms with van der Waals surface area (Å²) in [5.74, 6) is 1.32. The average Bonchev–Trinajstić information content (AvgIpc) is 2.94. The first-order valence-corrected chi connectivity index (χ1v) is 11.3. The normalized spacial score (nSPS) is 18.9. The van der Waals surface area contributed by atoms with Crippen molar-refractivity contribution in [1.29, 1.82) is 0 Å². The van der Waals surface area contributed by atoms with Crippen molar-refractivity contribution in [1.82, 2.24) is 4.98 Å². The van der Waals surface area contributed by atoms with Crippen molar-refractivity contribution in [3.05, 3.63) is 34.3 Å². The van der Waals surface area contributed by atoms with Crippen LogP contribution in [0.25, 0.3) is 0 Å². The molecule has 7 heteroatoms. The van der Waals surface area contributed by atoms with Crippen LogP contribution in [0.2, 0.25) is 0 Å². The number of amides is 2. The van der Waals surface area contributed by atoms with Gasteiger partial charge in [-0.05, 0) is 43.4 Å². The number of anilines is 2. The topological polar surface area (TPSA) is 71.1 Å². The van der Waals surface area contributed by atoms with Crippen molar-refractivity contribution >= 4 is 45.7 Å². The van der Waals surface area contributed by atoms with E-state index in [9.17, 15) is 9.59 Å². The summed E-state index contributed by atoms with van der Waals surface area (Å²) in [6, 6.07) is 5.47. The Balaban J connectivity index is 1.48. The van der Waals surface area contributed by atoms with Gasteiger partial charge in [0, 0.05) is 27.5 Å². The first kappa shape index (κ1) is 18.5. The van der Waals surface area contributed by atoms with E-state index in [1.54, 1.807) is 29.2 Å². The number of carbonyl (C=O) groups excluding carboxylic acids is 2. The highest BCUT2D eigenvalue weighted by molar-refractivity contribution is 7.99. The van der Waals surface area contributed by atoms with Gasteiger partial charge in [-0.3, -0.25) is 14.9 Å². The molecule has 0 saturated carbocycles. The quantitative estimate of drug-likeness (QED) is 0.777. The Kier molecular flexibility index (Phi) is 5.50. The van der Waals surface area contributed by atoms with E-state index >= 15 is 0 Å². The van der Waals surface area contributed by atoms with Crippen LogP contribution in [-0.2, 0) is 17.6 Å². The molecule has 1 aliphatic carbocycles. The molecule has 1 atom stereocenters. The molecule has 1 unspecified atom stereocenters. The van der Waals surface area contributed by atoms with Crippen molar-refractivity contribution in [3.8, 4) is 0 Å². The number of hydrogen-bond acceptors (Lipinski definition) is 5. The van der Waals surface area contributed by atoms with E-state index < -0.39 is 0 Å². The lowest BCUT2D eigenvalue weighted by atomic mass is 9.88. The van der Waals surface area contributed by atoms with Gasteiger partial charge in [0.1, 0.15) is 0 Å². The second-order valence-electron chi connectivity index (χ2n) is 7.10. The molecule has 2 amide bonds. The van der Waals surface area contributed by atoms with Crippen LogP contribution < -0.4 is 10.6 Å². The maximum atomic E-state index is 12.7. The summed E-state index contributed by atoms with van der Waals surface area (Å²) in [5.41, 5.74) is 2.40. The van der Waals surface area contributed by atoms with E-state index in [1.807, 2.05) is 12.1 Å². The zero-order valence-electron chi connectivity index (χ0n) is 15.3. The van der Waals surface area contributed by atoms with Crippen molar-refractivity contribution in [3.63, 3.8) is 0 Å². The van der Waals surface area contributed by atoms with Crippen LogP contribution >= 0.6 is 23.1 Å². The first-order chi connectivity index (χ1) is 13.1. The number of nitrogens with one attached hydrogen (secondary N) is 2. The Labute approximate surface area is 167 Å². The van der Waals surface area contributed by atoms with Crippen LogP contribution in [0.1, 0.15) is 53.5 Å². The summed E-state index contributed by atoms with van der Waals surface area (Å²) < 4.78 is 0. The molecule has 1 aliphatic heterocycles. The van der Waals surface area contributed by atoms with Crippen molar-refractivity contribution in [2.45, 2.75) is 50.3 Å². The predicted molar refractivity (Wildman–Crippen MR) is 111 cm³/mol. The highest BCUT2D eigenvalue weighted by Gasteiger charge is 2.23. The number of hydrogen-bond donors (Lipinski definition) is 2. The number of thiazole rings is 1. The number of rotatable bonds is 4. The molecule has 142 valence electrons. The standard InChI is InChI=1S/C20H23N3O2S2/c1-2-3-12-4-6-14-17(10-12)27-20(22-14)23-19(25)13-5-7-16-15(11-13)21-18(24)8-9-26-16/h5,7,11-12H,2-4,6,8-10H2,1H3,(H,21,24)(H,22,23,25). The highest BCUT2D eigenvalue weighted by Crippen LogP contribution is 2.35. The summed E-state index contributed by atoms with van der Waals surface area (Å²) in [5, 5.41) is 6.51. The molecule has 0 radical (unpaired) electrons. The number of carbonyl (C=O) groups is 2.